The van der Waals surface area contributed by atoms with Gasteiger partial charge in [0.2, 0.25) is 5.91 Å². The second-order valence-corrected chi connectivity index (χ2v) is 11.7. The van der Waals surface area contributed by atoms with Crippen molar-refractivity contribution < 1.29 is 23.5 Å². The first kappa shape index (κ1) is 33.2. The Kier molecular flexibility index (Phi) is 11.4. The molecule has 1 atom stereocenters. The summed E-state index contributed by atoms with van der Waals surface area (Å²) in [6.45, 7) is 9.97. The van der Waals surface area contributed by atoms with Crippen molar-refractivity contribution in [3.05, 3.63) is 78.6 Å². The molecule has 0 spiro atoms. The number of hydrogen-bond acceptors (Lipinski definition) is 7. The maximum Gasteiger partial charge on any atom is 0.256 e. The monoisotopic (exact) mass is 647 g/mol. The van der Waals surface area contributed by atoms with Crippen molar-refractivity contribution in [2.75, 3.05) is 67.6 Å². The van der Waals surface area contributed by atoms with E-state index in [1.165, 1.54) is 17.0 Å². The number of amides is 2. The fourth-order valence-electron chi connectivity index (χ4n) is 5.77. The van der Waals surface area contributed by atoms with Crippen molar-refractivity contribution in [3.63, 3.8) is 0 Å². The molecule has 2 saturated heterocycles. The quantitative estimate of drug-likeness (QED) is 0.228. The predicted octanol–water partition coefficient (Wildman–Crippen LogP) is 5.56. The summed E-state index contributed by atoms with van der Waals surface area (Å²) < 4.78 is 24.6. The molecule has 3 aromatic rings. The zero-order chi connectivity index (χ0) is 32.5. The Morgan fingerprint density at radius 1 is 0.870 bits per heavy atom. The Labute approximate surface area is 275 Å². The van der Waals surface area contributed by atoms with Crippen LogP contribution in [-0.2, 0) is 9.59 Å². The number of thiocarbonyl (C=S) groups is 1. The average Bonchev–Trinajstić information content (AvgIpc) is 3.29. The number of ether oxygens (including phenoxy) is 2. The molecular weight excluding hydrogens is 605 g/mol. The zero-order valence-electron chi connectivity index (χ0n) is 26.5. The van der Waals surface area contributed by atoms with Crippen LogP contribution in [0.1, 0.15) is 33.1 Å². The maximum atomic E-state index is 13.9. The number of carbonyl (C=O) groups is 2. The third kappa shape index (κ3) is 8.32. The molecule has 2 heterocycles. The molecule has 244 valence electrons. The van der Waals surface area contributed by atoms with Gasteiger partial charge in [-0.2, -0.15) is 0 Å². The SMILES string of the molecule is CCCOc1ccc(NC(=O)C[C@H]2C(=O)N(c3ccc(OCC)cc3)C(=S)N2CCCN2CCN(c3ccc(F)cc3)CC2)cc1. The molecule has 46 heavy (non-hydrogen) atoms. The summed E-state index contributed by atoms with van der Waals surface area (Å²) >= 11 is 5.87. The molecule has 5 rings (SSSR count). The smallest absolute Gasteiger partial charge is 0.256 e. The summed E-state index contributed by atoms with van der Waals surface area (Å²) in [5, 5.41) is 3.32. The number of nitrogens with zero attached hydrogens (tertiary/aromatic N) is 4. The van der Waals surface area contributed by atoms with Gasteiger partial charge in [0.15, 0.2) is 5.11 Å². The lowest BCUT2D eigenvalue weighted by molar-refractivity contribution is -0.124. The normalized spacial score (nSPS) is 17.0. The molecule has 2 amide bonds. The van der Waals surface area contributed by atoms with Crippen LogP contribution in [0.3, 0.4) is 0 Å². The van der Waals surface area contributed by atoms with Crippen LogP contribution in [0.5, 0.6) is 11.5 Å². The lowest BCUT2D eigenvalue weighted by Crippen LogP contribution is -2.47. The molecule has 11 heteroatoms. The minimum absolute atomic E-state index is 0.0308. The molecule has 2 fully saturated rings. The molecule has 1 N–H and O–H groups in total. The van der Waals surface area contributed by atoms with E-state index in [0.29, 0.717) is 42.0 Å². The van der Waals surface area contributed by atoms with E-state index in [-0.39, 0.29) is 24.1 Å². The predicted molar refractivity (Wildman–Crippen MR) is 183 cm³/mol. The van der Waals surface area contributed by atoms with Crippen LogP contribution in [0.4, 0.5) is 21.5 Å². The van der Waals surface area contributed by atoms with Crippen molar-refractivity contribution in [3.8, 4) is 11.5 Å². The van der Waals surface area contributed by atoms with E-state index in [0.717, 1.165) is 57.0 Å². The number of carbonyl (C=O) groups excluding carboxylic acids is 2. The third-order valence-electron chi connectivity index (χ3n) is 8.15. The Morgan fingerprint density at radius 2 is 1.50 bits per heavy atom. The first-order valence-corrected chi connectivity index (χ1v) is 16.4. The Hall–Kier alpha value is -4.22. The number of halogens is 1. The van der Waals surface area contributed by atoms with Gasteiger partial charge in [-0.3, -0.25) is 19.4 Å². The summed E-state index contributed by atoms with van der Waals surface area (Å²) in [6, 6.07) is 20.4. The molecule has 9 nitrogen and oxygen atoms in total. The molecular formula is C35H42FN5O4S. The first-order chi connectivity index (χ1) is 22.4. The van der Waals surface area contributed by atoms with Crippen LogP contribution in [0.15, 0.2) is 72.8 Å². The van der Waals surface area contributed by atoms with Gasteiger partial charge in [-0.05, 0) is 111 Å². The van der Waals surface area contributed by atoms with Crippen molar-refractivity contribution in [1.29, 1.82) is 0 Å². The van der Waals surface area contributed by atoms with E-state index in [9.17, 15) is 14.0 Å². The van der Waals surface area contributed by atoms with Gasteiger partial charge >= 0.3 is 0 Å². The number of piperazine rings is 1. The van der Waals surface area contributed by atoms with Crippen LogP contribution >= 0.6 is 12.2 Å². The van der Waals surface area contributed by atoms with Crippen molar-refractivity contribution >= 4 is 46.2 Å². The number of nitrogens with one attached hydrogen (secondary N) is 1. The molecule has 2 aliphatic rings. The highest BCUT2D eigenvalue weighted by atomic mass is 32.1. The fraction of sp³-hybridized carbons (Fsp3) is 0.400. The second-order valence-electron chi connectivity index (χ2n) is 11.4. The third-order valence-corrected chi connectivity index (χ3v) is 8.57. The van der Waals surface area contributed by atoms with Crippen LogP contribution in [0.25, 0.3) is 0 Å². The standard InChI is InChI=1S/C35H42FN5O4S/c1-3-24-45-31-14-8-27(9-15-31)37-33(42)25-32-34(43)41(29-12-16-30(17-13-29)44-4-2)35(46)40(32)19-5-18-38-20-22-39(23-21-38)28-10-6-26(36)7-11-28/h6-17,32H,3-5,18-25H2,1-2H3,(H,37,42)/t32-/m0/s1. The van der Waals surface area contributed by atoms with Gasteiger partial charge in [-0.1, -0.05) is 6.92 Å². The highest BCUT2D eigenvalue weighted by molar-refractivity contribution is 7.80. The summed E-state index contributed by atoms with van der Waals surface area (Å²) in [4.78, 5) is 35.2. The van der Waals surface area contributed by atoms with Gasteiger partial charge in [0.25, 0.3) is 5.91 Å². The minimum atomic E-state index is -0.721. The summed E-state index contributed by atoms with van der Waals surface area (Å²) in [7, 11) is 0. The molecule has 0 radical (unpaired) electrons. The highest BCUT2D eigenvalue weighted by Crippen LogP contribution is 2.29. The van der Waals surface area contributed by atoms with Crippen molar-refractivity contribution in [1.82, 2.24) is 9.80 Å². The minimum Gasteiger partial charge on any atom is -0.494 e. The molecule has 0 saturated carbocycles. The molecule has 0 aliphatic carbocycles. The van der Waals surface area contributed by atoms with E-state index >= 15 is 0 Å². The largest absolute Gasteiger partial charge is 0.494 e. The van der Waals surface area contributed by atoms with Crippen molar-refractivity contribution in [2.24, 2.45) is 0 Å². The lowest BCUT2D eigenvalue weighted by atomic mass is 10.1. The van der Waals surface area contributed by atoms with Crippen LogP contribution < -0.4 is 24.6 Å². The average molecular weight is 648 g/mol. The van der Waals surface area contributed by atoms with E-state index in [4.69, 9.17) is 21.7 Å². The summed E-state index contributed by atoms with van der Waals surface area (Å²) in [5.41, 5.74) is 2.31. The van der Waals surface area contributed by atoms with Gasteiger partial charge in [0.1, 0.15) is 23.4 Å². The molecule has 0 bridgehead atoms. The fourth-order valence-corrected chi connectivity index (χ4v) is 6.19. The van der Waals surface area contributed by atoms with E-state index in [2.05, 4.69) is 15.1 Å². The summed E-state index contributed by atoms with van der Waals surface area (Å²) in [6.07, 6.45) is 1.66. The number of anilines is 3. The van der Waals surface area contributed by atoms with Gasteiger partial charge in [0, 0.05) is 44.1 Å². The van der Waals surface area contributed by atoms with E-state index in [1.807, 2.05) is 67.3 Å². The topological polar surface area (TPSA) is 77.6 Å². The van der Waals surface area contributed by atoms with Gasteiger partial charge in [-0.25, -0.2) is 4.39 Å². The van der Waals surface area contributed by atoms with E-state index in [1.54, 1.807) is 12.1 Å². The highest BCUT2D eigenvalue weighted by Gasteiger charge is 2.44. The number of hydrogen-bond donors (Lipinski definition) is 1. The van der Waals surface area contributed by atoms with Gasteiger partial charge in [0.05, 0.1) is 25.3 Å². The Morgan fingerprint density at radius 3 is 2.15 bits per heavy atom. The van der Waals surface area contributed by atoms with Crippen LogP contribution in [-0.4, -0.2) is 85.3 Å². The molecule has 0 aromatic heterocycles. The van der Waals surface area contributed by atoms with E-state index < -0.39 is 6.04 Å². The molecule has 3 aromatic carbocycles. The summed E-state index contributed by atoms with van der Waals surface area (Å²) in [5.74, 6) is 0.732. The van der Waals surface area contributed by atoms with Crippen molar-refractivity contribution in [2.45, 2.75) is 39.2 Å². The first-order valence-electron chi connectivity index (χ1n) is 16.0. The Balaban J connectivity index is 1.22. The van der Waals surface area contributed by atoms with Crippen LogP contribution in [0, 0.1) is 5.82 Å². The lowest BCUT2D eigenvalue weighted by Gasteiger charge is -2.36. The molecule has 0 unspecified atom stereocenters. The molecule has 2 aliphatic heterocycles. The number of rotatable bonds is 14. The van der Waals surface area contributed by atoms with Gasteiger partial charge < -0.3 is 24.6 Å². The Bertz CT molecular complexity index is 1460. The number of benzene rings is 3. The second kappa shape index (κ2) is 15.9. The zero-order valence-corrected chi connectivity index (χ0v) is 27.3. The van der Waals surface area contributed by atoms with Gasteiger partial charge in [-0.15, -0.1) is 0 Å². The maximum absolute atomic E-state index is 13.9. The van der Waals surface area contributed by atoms with Crippen LogP contribution in [0.2, 0.25) is 0 Å².